The van der Waals surface area contributed by atoms with Crippen LogP contribution in [0.2, 0.25) is 0 Å². The molecule has 0 aliphatic heterocycles. The van der Waals surface area contributed by atoms with Gasteiger partial charge < -0.3 is 5.73 Å². The van der Waals surface area contributed by atoms with Crippen LogP contribution in [0.3, 0.4) is 0 Å². The van der Waals surface area contributed by atoms with Crippen molar-refractivity contribution in [1.29, 1.82) is 0 Å². The van der Waals surface area contributed by atoms with E-state index >= 15 is 0 Å². The van der Waals surface area contributed by atoms with Crippen molar-refractivity contribution < 1.29 is 0 Å². The number of nitrogens with zero attached hydrogens (tertiary/aromatic N) is 3. The van der Waals surface area contributed by atoms with Crippen molar-refractivity contribution in [3.8, 4) is 22.4 Å². The highest BCUT2D eigenvalue weighted by Crippen LogP contribution is 2.38. The Morgan fingerprint density at radius 2 is 1.80 bits per heavy atom. The molecule has 4 nitrogen and oxygen atoms in total. The van der Waals surface area contributed by atoms with E-state index in [2.05, 4.69) is 26.0 Å². The third kappa shape index (κ3) is 2.10. The molecule has 1 aromatic carbocycles. The largest absolute Gasteiger partial charge is 0.383 e. The van der Waals surface area contributed by atoms with Crippen LogP contribution in [-0.4, -0.2) is 14.8 Å². The molecular weight excluding hydrogens is 316 g/mol. The highest BCUT2D eigenvalue weighted by atomic mass is 79.9. The zero-order valence-corrected chi connectivity index (χ0v) is 12.5. The molecule has 0 radical (unpaired) electrons. The normalized spacial score (nSPS) is 10.7. The quantitative estimate of drug-likeness (QED) is 0.783. The topological polar surface area (TPSA) is 56.7 Å². The number of hydrogen-bond donors (Lipinski definition) is 1. The first-order chi connectivity index (χ1) is 9.68. The maximum atomic E-state index is 6.19. The number of hydrogen-bond acceptors (Lipinski definition) is 3. The average Bonchev–Trinajstić information content (AvgIpc) is 2.76. The first-order valence-corrected chi connectivity index (χ1v) is 6.95. The van der Waals surface area contributed by atoms with Gasteiger partial charge in [0.15, 0.2) is 0 Å². The average molecular weight is 329 g/mol. The van der Waals surface area contributed by atoms with Gasteiger partial charge in [-0.2, -0.15) is 5.10 Å². The van der Waals surface area contributed by atoms with Gasteiger partial charge in [0.1, 0.15) is 11.5 Å². The summed E-state index contributed by atoms with van der Waals surface area (Å²) in [6.45, 7) is 0. The van der Waals surface area contributed by atoms with E-state index in [1.54, 1.807) is 17.1 Å². The third-order valence-corrected chi connectivity index (χ3v) is 3.88. The summed E-state index contributed by atoms with van der Waals surface area (Å²) in [6.07, 6.45) is 3.51. The van der Waals surface area contributed by atoms with Gasteiger partial charge in [-0.1, -0.05) is 34.1 Å². The maximum Gasteiger partial charge on any atom is 0.129 e. The second-order valence-electron chi connectivity index (χ2n) is 4.45. The molecule has 0 unspecified atom stereocenters. The number of nitrogens with two attached hydrogens (primary N) is 1. The molecule has 0 aliphatic carbocycles. The maximum absolute atomic E-state index is 6.19. The van der Waals surface area contributed by atoms with E-state index in [0.717, 1.165) is 26.9 Å². The van der Waals surface area contributed by atoms with Gasteiger partial charge in [-0.3, -0.25) is 9.67 Å². The van der Waals surface area contributed by atoms with E-state index in [4.69, 9.17) is 5.73 Å². The fourth-order valence-electron chi connectivity index (χ4n) is 2.18. The molecule has 3 rings (SSSR count). The van der Waals surface area contributed by atoms with Crippen LogP contribution in [0.4, 0.5) is 5.82 Å². The Morgan fingerprint density at radius 1 is 1.10 bits per heavy atom. The fourth-order valence-corrected chi connectivity index (χ4v) is 2.65. The molecule has 0 saturated carbocycles. The van der Waals surface area contributed by atoms with Crippen LogP contribution in [0.15, 0.2) is 53.3 Å². The molecule has 0 fully saturated rings. The fraction of sp³-hybridized carbons (Fsp3) is 0.0667. The van der Waals surface area contributed by atoms with Gasteiger partial charge in [0.05, 0.1) is 5.56 Å². The summed E-state index contributed by atoms with van der Waals surface area (Å²) >= 11 is 3.57. The van der Waals surface area contributed by atoms with Gasteiger partial charge in [-0.05, 0) is 23.8 Å². The standard InChI is InChI=1S/C15H13BrN4/c1-20-15(17)13(10-6-8-18-9-7-10)14(19-20)11-4-2-3-5-12(11)16/h2-9H,17H2,1H3. The zero-order chi connectivity index (χ0) is 14.1. The molecule has 100 valence electrons. The second-order valence-corrected chi connectivity index (χ2v) is 5.30. The van der Waals surface area contributed by atoms with E-state index in [9.17, 15) is 0 Å². The lowest BCUT2D eigenvalue weighted by Gasteiger charge is -2.05. The first-order valence-electron chi connectivity index (χ1n) is 6.16. The number of anilines is 1. The summed E-state index contributed by atoms with van der Waals surface area (Å²) in [5, 5.41) is 4.56. The Labute approximate surface area is 125 Å². The molecule has 0 saturated heterocycles. The molecule has 3 aromatic rings. The molecule has 2 N–H and O–H groups in total. The van der Waals surface area contributed by atoms with Crippen molar-refractivity contribution in [3.05, 3.63) is 53.3 Å². The summed E-state index contributed by atoms with van der Waals surface area (Å²) < 4.78 is 2.69. The van der Waals surface area contributed by atoms with E-state index < -0.39 is 0 Å². The number of nitrogen functional groups attached to an aromatic ring is 1. The predicted octanol–water partition coefficient (Wildman–Crippen LogP) is 3.49. The molecule has 0 bridgehead atoms. The monoisotopic (exact) mass is 328 g/mol. The molecule has 0 spiro atoms. The lowest BCUT2D eigenvalue weighted by Crippen LogP contribution is -1.97. The van der Waals surface area contributed by atoms with Crippen LogP contribution in [-0.2, 0) is 7.05 Å². The van der Waals surface area contributed by atoms with Gasteiger partial charge >= 0.3 is 0 Å². The van der Waals surface area contributed by atoms with Crippen molar-refractivity contribution in [3.63, 3.8) is 0 Å². The van der Waals surface area contributed by atoms with Crippen LogP contribution in [0.5, 0.6) is 0 Å². The molecular formula is C15H13BrN4. The Balaban J connectivity index is 2.28. The number of aromatic nitrogens is 3. The zero-order valence-electron chi connectivity index (χ0n) is 10.9. The first kappa shape index (κ1) is 12.9. The molecule has 5 heteroatoms. The third-order valence-electron chi connectivity index (χ3n) is 3.19. The number of halogens is 1. The van der Waals surface area contributed by atoms with Crippen molar-refractivity contribution in [2.45, 2.75) is 0 Å². The van der Waals surface area contributed by atoms with Gasteiger partial charge in [0, 0.05) is 29.5 Å². The number of benzene rings is 1. The minimum absolute atomic E-state index is 0.641. The molecule has 0 amide bonds. The highest BCUT2D eigenvalue weighted by Gasteiger charge is 2.18. The minimum Gasteiger partial charge on any atom is -0.383 e. The SMILES string of the molecule is Cn1nc(-c2ccccc2Br)c(-c2ccncc2)c1N. The molecule has 20 heavy (non-hydrogen) atoms. The van der Waals surface area contributed by atoms with Gasteiger partial charge in [0.2, 0.25) is 0 Å². The van der Waals surface area contributed by atoms with Crippen LogP contribution >= 0.6 is 15.9 Å². The predicted molar refractivity (Wildman–Crippen MR) is 84.0 cm³/mol. The molecule has 0 atom stereocenters. The number of rotatable bonds is 2. The summed E-state index contributed by atoms with van der Waals surface area (Å²) in [5.74, 6) is 0.641. The minimum atomic E-state index is 0.641. The van der Waals surface area contributed by atoms with Crippen molar-refractivity contribution >= 4 is 21.7 Å². The molecule has 2 aromatic heterocycles. The van der Waals surface area contributed by atoms with Crippen LogP contribution in [0.25, 0.3) is 22.4 Å². The Kier molecular flexibility index (Phi) is 3.28. The summed E-state index contributed by atoms with van der Waals surface area (Å²) in [6, 6.07) is 11.9. The highest BCUT2D eigenvalue weighted by molar-refractivity contribution is 9.10. The van der Waals surface area contributed by atoms with Crippen molar-refractivity contribution in [2.75, 3.05) is 5.73 Å². The van der Waals surface area contributed by atoms with E-state index in [0.29, 0.717) is 5.82 Å². The van der Waals surface area contributed by atoms with Crippen LogP contribution < -0.4 is 5.73 Å². The summed E-state index contributed by atoms with van der Waals surface area (Å²) in [7, 11) is 1.85. The van der Waals surface area contributed by atoms with Crippen LogP contribution in [0.1, 0.15) is 0 Å². The summed E-state index contributed by atoms with van der Waals surface area (Å²) in [5.41, 5.74) is 10.0. The summed E-state index contributed by atoms with van der Waals surface area (Å²) in [4.78, 5) is 4.05. The number of pyridine rings is 1. The second kappa shape index (κ2) is 5.09. The van der Waals surface area contributed by atoms with Crippen molar-refractivity contribution in [1.82, 2.24) is 14.8 Å². The van der Waals surface area contributed by atoms with Gasteiger partial charge in [-0.15, -0.1) is 0 Å². The Morgan fingerprint density at radius 3 is 2.50 bits per heavy atom. The molecule has 0 aliphatic rings. The Hall–Kier alpha value is -2.14. The number of aryl methyl sites for hydroxylation is 1. The Bertz CT molecular complexity index is 750. The van der Waals surface area contributed by atoms with Gasteiger partial charge in [-0.25, -0.2) is 0 Å². The van der Waals surface area contributed by atoms with E-state index in [-0.39, 0.29) is 0 Å². The van der Waals surface area contributed by atoms with E-state index in [1.807, 2.05) is 43.4 Å². The van der Waals surface area contributed by atoms with E-state index in [1.165, 1.54) is 0 Å². The smallest absolute Gasteiger partial charge is 0.129 e. The van der Waals surface area contributed by atoms with Crippen molar-refractivity contribution in [2.24, 2.45) is 7.05 Å². The molecule has 2 heterocycles. The van der Waals surface area contributed by atoms with Gasteiger partial charge in [0.25, 0.3) is 0 Å². The lowest BCUT2D eigenvalue weighted by atomic mass is 10.0. The lowest BCUT2D eigenvalue weighted by molar-refractivity contribution is 0.782. The van der Waals surface area contributed by atoms with Crippen LogP contribution in [0, 0.1) is 0 Å².